The van der Waals surface area contributed by atoms with Crippen molar-refractivity contribution in [1.82, 2.24) is 15.0 Å². The summed E-state index contributed by atoms with van der Waals surface area (Å²) in [7, 11) is 0. The Morgan fingerprint density at radius 2 is 1.60 bits per heavy atom. The summed E-state index contributed by atoms with van der Waals surface area (Å²) in [5.41, 5.74) is 0. The minimum absolute atomic E-state index is 0.199. The maximum absolute atomic E-state index is 10.2. The van der Waals surface area contributed by atoms with Crippen LogP contribution >= 0.6 is 0 Å². The number of aryl methyl sites for hydroxylation is 2. The Labute approximate surface area is 58.3 Å². The first kappa shape index (κ1) is 6.80. The lowest BCUT2D eigenvalue weighted by atomic mass is 10.5. The Balaban J connectivity index is 3.18. The van der Waals surface area contributed by atoms with Crippen molar-refractivity contribution in [2.45, 2.75) is 13.8 Å². The first-order valence-electron chi connectivity index (χ1n) is 2.87. The number of carbonyl (C=O) groups is 1. The van der Waals surface area contributed by atoms with E-state index in [-0.39, 0.29) is 5.82 Å². The van der Waals surface area contributed by atoms with E-state index in [2.05, 4.69) is 15.0 Å². The van der Waals surface area contributed by atoms with Gasteiger partial charge >= 0.3 is 0 Å². The molecular weight excluding hydrogens is 130 g/mol. The number of hydrogen-bond donors (Lipinski definition) is 0. The molecule has 0 spiro atoms. The van der Waals surface area contributed by atoms with Crippen molar-refractivity contribution in [2.24, 2.45) is 0 Å². The molecule has 0 aromatic carbocycles. The van der Waals surface area contributed by atoms with Gasteiger partial charge in [0, 0.05) is 0 Å². The fourth-order valence-corrected chi connectivity index (χ4v) is 0.693. The molecule has 0 radical (unpaired) electrons. The molecule has 0 amide bonds. The quantitative estimate of drug-likeness (QED) is 0.522. The van der Waals surface area contributed by atoms with Crippen LogP contribution in [0.2, 0.25) is 0 Å². The van der Waals surface area contributed by atoms with Gasteiger partial charge in [-0.1, -0.05) is 0 Å². The van der Waals surface area contributed by atoms with Crippen LogP contribution in [0.3, 0.4) is 0 Å². The maximum Gasteiger partial charge on any atom is 0.196 e. The summed E-state index contributed by atoms with van der Waals surface area (Å²) in [6, 6.07) is 0. The second-order valence-electron chi connectivity index (χ2n) is 1.91. The number of rotatable bonds is 1. The van der Waals surface area contributed by atoms with E-state index in [9.17, 15) is 4.79 Å². The molecule has 4 nitrogen and oxygen atoms in total. The van der Waals surface area contributed by atoms with Crippen LogP contribution in [-0.2, 0) is 0 Å². The van der Waals surface area contributed by atoms with E-state index in [0.717, 1.165) is 0 Å². The van der Waals surface area contributed by atoms with Crippen molar-refractivity contribution in [1.29, 1.82) is 0 Å². The largest absolute Gasteiger partial charge is 0.294 e. The molecule has 0 bridgehead atoms. The molecule has 0 unspecified atom stereocenters. The number of carbonyl (C=O) groups excluding carboxylic acids is 1. The standard InChI is InChI=1S/C6H7N3O/c1-4-7-5(2)9-6(3-10)8-4/h3H,1-2H3. The average molecular weight is 137 g/mol. The van der Waals surface area contributed by atoms with E-state index >= 15 is 0 Å². The Hall–Kier alpha value is -1.32. The monoisotopic (exact) mass is 137 g/mol. The Morgan fingerprint density at radius 1 is 1.10 bits per heavy atom. The summed E-state index contributed by atoms with van der Waals surface area (Å²) in [5, 5.41) is 0. The molecule has 0 saturated carbocycles. The first-order chi connectivity index (χ1) is 4.72. The molecule has 0 N–H and O–H groups in total. The van der Waals surface area contributed by atoms with Crippen molar-refractivity contribution in [3.63, 3.8) is 0 Å². The number of aldehydes is 1. The lowest BCUT2D eigenvalue weighted by molar-refractivity contribution is 0.111. The van der Waals surface area contributed by atoms with Crippen LogP contribution in [0.5, 0.6) is 0 Å². The maximum atomic E-state index is 10.2. The summed E-state index contributed by atoms with van der Waals surface area (Å²) in [4.78, 5) is 21.6. The van der Waals surface area contributed by atoms with E-state index in [1.807, 2.05) is 0 Å². The molecular formula is C6H7N3O. The molecule has 1 aromatic heterocycles. The van der Waals surface area contributed by atoms with Crippen LogP contribution in [0.25, 0.3) is 0 Å². The van der Waals surface area contributed by atoms with Crippen molar-refractivity contribution in [2.75, 3.05) is 0 Å². The van der Waals surface area contributed by atoms with Gasteiger partial charge in [-0.25, -0.2) is 15.0 Å². The molecule has 0 aliphatic carbocycles. The summed E-state index contributed by atoms with van der Waals surface area (Å²) in [5.74, 6) is 1.36. The molecule has 0 fully saturated rings. The third kappa shape index (κ3) is 1.34. The van der Waals surface area contributed by atoms with Gasteiger partial charge in [0.2, 0.25) is 0 Å². The Bertz CT molecular complexity index is 239. The second kappa shape index (κ2) is 2.51. The summed E-state index contributed by atoms with van der Waals surface area (Å²) >= 11 is 0. The van der Waals surface area contributed by atoms with Crippen LogP contribution in [-0.4, -0.2) is 21.2 Å². The van der Waals surface area contributed by atoms with E-state index < -0.39 is 0 Å². The smallest absolute Gasteiger partial charge is 0.196 e. The summed E-state index contributed by atoms with van der Waals surface area (Å²) < 4.78 is 0. The van der Waals surface area contributed by atoms with Crippen molar-refractivity contribution in [3.05, 3.63) is 17.5 Å². The first-order valence-corrected chi connectivity index (χ1v) is 2.87. The predicted molar refractivity (Wildman–Crippen MR) is 34.7 cm³/mol. The predicted octanol–water partition coefficient (Wildman–Crippen LogP) is 0.301. The normalized spacial score (nSPS) is 9.40. The highest BCUT2D eigenvalue weighted by Crippen LogP contribution is 1.89. The van der Waals surface area contributed by atoms with Gasteiger partial charge in [0.15, 0.2) is 12.1 Å². The molecule has 0 aliphatic rings. The van der Waals surface area contributed by atoms with Gasteiger partial charge in [-0.05, 0) is 13.8 Å². The van der Waals surface area contributed by atoms with Gasteiger partial charge < -0.3 is 0 Å². The number of nitrogens with zero attached hydrogens (tertiary/aromatic N) is 3. The van der Waals surface area contributed by atoms with E-state index in [0.29, 0.717) is 17.9 Å². The van der Waals surface area contributed by atoms with E-state index in [1.54, 1.807) is 13.8 Å². The summed E-state index contributed by atoms with van der Waals surface area (Å²) in [6.45, 7) is 3.45. The summed E-state index contributed by atoms with van der Waals surface area (Å²) in [6.07, 6.45) is 0.613. The van der Waals surface area contributed by atoms with Crippen LogP contribution in [0.4, 0.5) is 0 Å². The van der Waals surface area contributed by atoms with Gasteiger partial charge in [-0.15, -0.1) is 0 Å². The minimum atomic E-state index is 0.199. The van der Waals surface area contributed by atoms with Gasteiger partial charge in [-0.3, -0.25) is 4.79 Å². The Morgan fingerprint density at radius 3 is 2.00 bits per heavy atom. The topological polar surface area (TPSA) is 55.7 Å². The van der Waals surface area contributed by atoms with Crippen LogP contribution in [0.1, 0.15) is 22.3 Å². The lowest BCUT2D eigenvalue weighted by Crippen LogP contribution is -2.00. The van der Waals surface area contributed by atoms with Gasteiger partial charge in [0.05, 0.1) is 0 Å². The van der Waals surface area contributed by atoms with Crippen molar-refractivity contribution >= 4 is 6.29 Å². The molecule has 0 atom stereocenters. The van der Waals surface area contributed by atoms with Crippen LogP contribution in [0.15, 0.2) is 0 Å². The molecule has 4 heteroatoms. The van der Waals surface area contributed by atoms with Gasteiger partial charge in [0.25, 0.3) is 0 Å². The van der Waals surface area contributed by atoms with Crippen molar-refractivity contribution < 1.29 is 4.79 Å². The molecule has 1 heterocycles. The zero-order valence-electron chi connectivity index (χ0n) is 5.83. The number of aromatic nitrogens is 3. The minimum Gasteiger partial charge on any atom is -0.294 e. The van der Waals surface area contributed by atoms with Crippen molar-refractivity contribution in [3.8, 4) is 0 Å². The molecule has 52 valence electrons. The molecule has 0 saturated heterocycles. The highest BCUT2D eigenvalue weighted by molar-refractivity contribution is 5.68. The molecule has 1 rings (SSSR count). The van der Waals surface area contributed by atoms with Crippen LogP contribution < -0.4 is 0 Å². The molecule has 0 aliphatic heterocycles. The zero-order chi connectivity index (χ0) is 7.56. The molecule has 1 aromatic rings. The third-order valence-corrected chi connectivity index (χ3v) is 0.982. The molecule has 10 heavy (non-hydrogen) atoms. The highest BCUT2D eigenvalue weighted by Gasteiger charge is 1.96. The van der Waals surface area contributed by atoms with Gasteiger partial charge in [0.1, 0.15) is 11.6 Å². The Kier molecular flexibility index (Phi) is 1.71. The zero-order valence-corrected chi connectivity index (χ0v) is 5.83. The van der Waals surface area contributed by atoms with E-state index in [4.69, 9.17) is 0 Å². The van der Waals surface area contributed by atoms with E-state index in [1.165, 1.54) is 0 Å². The fraction of sp³-hybridized carbons (Fsp3) is 0.333. The van der Waals surface area contributed by atoms with Crippen LogP contribution in [0, 0.1) is 13.8 Å². The lowest BCUT2D eigenvalue weighted by Gasteiger charge is -1.93. The average Bonchev–Trinajstić information content (AvgIpc) is 1.85. The fourth-order valence-electron chi connectivity index (χ4n) is 0.693. The third-order valence-electron chi connectivity index (χ3n) is 0.982. The van der Waals surface area contributed by atoms with Gasteiger partial charge in [-0.2, -0.15) is 0 Å². The highest BCUT2D eigenvalue weighted by atomic mass is 16.1. The number of hydrogen-bond acceptors (Lipinski definition) is 4. The second-order valence-corrected chi connectivity index (χ2v) is 1.91. The SMILES string of the molecule is Cc1nc(C)nc(C=O)n1.